The molecule has 2 rings (SSSR count). The molecule has 1 N–H and O–H groups in total. The van der Waals surface area contributed by atoms with Gasteiger partial charge in [0.1, 0.15) is 5.75 Å². The second-order valence-corrected chi connectivity index (χ2v) is 4.79. The lowest BCUT2D eigenvalue weighted by Gasteiger charge is -2.29. The molecule has 2 nitrogen and oxygen atoms in total. The van der Waals surface area contributed by atoms with E-state index in [1.165, 1.54) is 0 Å². The normalized spacial score (nSPS) is 18.9. The van der Waals surface area contributed by atoms with E-state index in [-0.39, 0.29) is 5.92 Å². The van der Waals surface area contributed by atoms with Crippen molar-refractivity contribution in [1.29, 1.82) is 0 Å². The van der Waals surface area contributed by atoms with Crippen LogP contribution in [0.3, 0.4) is 0 Å². The minimum absolute atomic E-state index is 0.252. The van der Waals surface area contributed by atoms with Crippen molar-refractivity contribution in [3.8, 4) is 5.75 Å². The maximum Gasteiger partial charge on any atom is 0.387 e. The van der Waals surface area contributed by atoms with Crippen molar-refractivity contribution in [3.63, 3.8) is 0 Å². The molecule has 18 heavy (non-hydrogen) atoms. The van der Waals surface area contributed by atoms with Crippen LogP contribution in [0.1, 0.15) is 31.2 Å². The SMILES string of the molecule is CC(c1ccccc1OC(F)F)C1CCNCC1. The Kier molecular flexibility index (Phi) is 4.53. The van der Waals surface area contributed by atoms with Gasteiger partial charge < -0.3 is 10.1 Å². The van der Waals surface area contributed by atoms with E-state index < -0.39 is 6.61 Å². The van der Waals surface area contributed by atoms with Crippen LogP contribution in [0.15, 0.2) is 24.3 Å². The summed E-state index contributed by atoms with van der Waals surface area (Å²) in [6.45, 7) is 1.36. The summed E-state index contributed by atoms with van der Waals surface area (Å²) in [6, 6.07) is 7.13. The predicted octanol–water partition coefficient (Wildman–Crippen LogP) is 3.39. The average molecular weight is 255 g/mol. The van der Waals surface area contributed by atoms with Crippen molar-refractivity contribution >= 4 is 0 Å². The molecule has 4 heteroatoms. The second-order valence-electron chi connectivity index (χ2n) is 4.79. The number of benzene rings is 1. The molecule has 1 fully saturated rings. The van der Waals surface area contributed by atoms with Gasteiger partial charge in [0.2, 0.25) is 0 Å². The zero-order valence-corrected chi connectivity index (χ0v) is 10.5. The lowest BCUT2D eigenvalue weighted by molar-refractivity contribution is -0.0507. The van der Waals surface area contributed by atoms with Gasteiger partial charge in [0, 0.05) is 0 Å². The first-order valence-corrected chi connectivity index (χ1v) is 6.43. The number of para-hydroxylation sites is 1. The van der Waals surface area contributed by atoms with E-state index in [0.29, 0.717) is 11.7 Å². The molecule has 1 unspecified atom stereocenters. The predicted molar refractivity (Wildman–Crippen MR) is 67.1 cm³/mol. The molecule has 1 aliphatic heterocycles. The highest BCUT2D eigenvalue weighted by Crippen LogP contribution is 2.36. The van der Waals surface area contributed by atoms with E-state index in [4.69, 9.17) is 0 Å². The Balaban J connectivity index is 2.15. The van der Waals surface area contributed by atoms with Crippen molar-refractivity contribution in [3.05, 3.63) is 29.8 Å². The minimum atomic E-state index is -2.76. The number of alkyl halides is 2. The maximum atomic E-state index is 12.4. The van der Waals surface area contributed by atoms with Gasteiger partial charge in [0.05, 0.1) is 0 Å². The summed E-state index contributed by atoms with van der Waals surface area (Å²) in [4.78, 5) is 0. The van der Waals surface area contributed by atoms with Gasteiger partial charge in [-0.25, -0.2) is 0 Å². The number of halogens is 2. The summed E-state index contributed by atoms with van der Waals surface area (Å²) in [6.07, 6.45) is 2.17. The molecule has 0 radical (unpaired) electrons. The molecule has 0 saturated carbocycles. The molecule has 1 aromatic rings. The van der Waals surface area contributed by atoms with E-state index in [1.807, 2.05) is 12.1 Å². The zero-order chi connectivity index (χ0) is 13.0. The fourth-order valence-corrected chi connectivity index (χ4v) is 2.66. The lowest BCUT2D eigenvalue weighted by atomic mass is 9.81. The van der Waals surface area contributed by atoms with E-state index in [2.05, 4.69) is 17.0 Å². The van der Waals surface area contributed by atoms with Crippen LogP contribution in [0, 0.1) is 5.92 Å². The van der Waals surface area contributed by atoms with Gasteiger partial charge in [-0.3, -0.25) is 0 Å². The fraction of sp³-hybridized carbons (Fsp3) is 0.571. The quantitative estimate of drug-likeness (QED) is 0.890. The Bertz CT molecular complexity index is 378. The van der Waals surface area contributed by atoms with Crippen LogP contribution in [0.4, 0.5) is 8.78 Å². The van der Waals surface area contributed by atoms with Gasteiger partial charge >= 0.3 is 6.61 Å². The molecule has 0 aromatic heterocycles. The van der Waals surface area contributed by atoms with Crippen molar-refractivity contribution in [1.82, 2.24) is 5.32 Å². The Morgan fingerprint density at radius 2 is 1.89 bits per heavy atom. The molecule has 1 atom stereocenters. The molecule has 1 heterocycles. The molecule has 0 amide bonds. The Labute approximate surface area is 106 Å². The monoisotopic (exact) mass is 255 g/mol. The fourth-order valence-electron chi connectivity index (χ4n) is 2.66. The van der Waals surface area contributed by atoms with E-state index in [0.717, 1.165) is 31.5 Å². The van der Waals surface area contributed by atoms with Crippen LogP contribution in [0.2, 0.25) is 0 Å². The highest BCUT2D eigenvalue weighted by Gasteiger charge is 2.24. The van der Waals surface area contributed by atoms with Crippen LogP contribution >= 0.6 is 0 Å². The summed E-state index contributed by atoms with van der Waals surface area (Å²) in [5.74, 6) is 1.11. The maximum absolute atomic E-state index is 12.4. The van der Waals surface area contributed by atoms with Crippen LogP contribution in [0.25, 0.3) is 0 Å². The van der Waals surface area contributed by atoms with Gasteiger partial charge in [-0.05, 0) is 49.4 Å². The van der Waals surface area contributed by atoms with Crippen molar-refractivity contribution in [2.45, 2.75) is 32.3 Å². The van der Waals surface area contributed by atoms with Gasteiger partial charge in [-0.1, -0.05) is 25.1 Å². The second kappa shape index (κ2) is 6.14. The topological polar surface area (TPSA) is 21.3 Å². The molecular formula is C14H19F2NO. The number of nitrogens with one attached hydrogen (secondary N) is 1. The van der Waals surface area contributed by atoms with E-state index in [9.17, 15) is 8.78 Å². The molecular weight excluding hydrogens is 236 g/mol. The molecule has 100 valence electrons. The smallest absolute Gasteiger partial charge is 0.387 e. The Hall–Kier alpha value is -1.16. The number of rotatable bonds is 4. The summed E-state index contributed by atoms with van der Waals surface area (Å²) in [5, 5.41) is 3.32. The van der Waals surface area contributed by atoms with Crippen molar-refractivity contribution in [2.75, 3.05) is 13.1 Å². The third-order valence-corrected chi connectivity index (χ3v) is 3.72. The first-order valence-electron chi connectivity index (χ1n) is 6.43. The lowest BCUT2D eigenvalue weighted by Crippen LogP contribution is -2.30. The third-order valence-electron chi connectivity index (χ3n) is 3.72. The van der Waals surface area contributed by atoms with Crippen LogP contribution < -0.4 is 10.1 Å². The number of hydrogen-bond donors (Lipinski definition) is 1. The van der Waals surface area contributed by atoms with Gasteiger partial charge in [0.15, 0.2) is 0 Å². The van der Waals surface area contributed by atoms with Crippen LogP contribution in [-0.4, -0.2) is 19.7 Å². The Morgan fingerprint density at radius 1 is 1.22 bits per heavy atom. The van der Waals surface area contributed by atoms with Crippen LogP contribution in [0.5, 0.6) is 5.75 Å². The summed E-state index contributed by atoms with van der Waals surface area (Å²) < 4.78 is 29.4. The highest BCUT2D eigenvalue weighted by molar-refractivity contribution is 5.36. The molecule has 1 saturated heterocycles. The molecule has 1 aromatic carbocycles. The first-order chi connectivity index (χ1) is 8.68. The van der Waals surface area contributed by atoms with Crippen molar-refractivity contribution in [2.24, 2.45) is 5.92 Å². The summed E-state index contributed by atoms with van der Waals surface area (Å²) in [5.41, 5.74) is 0.893. The van der Waals surface area contributed by atoms with E-state index >= 15 is 0 Å². The molecule has 1 aliphatic rings. The number of hydrogen-bond acceptors (Lipinski definition) is 2. The van der Waals surface area contributed by atoms with Crippen molar-refractivity contribution < 1.29 is 13.5 Å². The summed E-state index contributed by atoms with van der Waals surface area (Å²) in [7, 11) is 0. The average Bonchev–Trinajstić information content (AvgIpc) is 2.39. The molecule has 0 aliphatic carbocycles. The number of piperidine rings is 1. The standard InChI is InChI=1S/C14H19F2NO/c1-10(11-6-8-17-9-7-11)12-4-2-3-5-13(12)18-14(15)16/h2-5,10-11,14,17H,6-9H2,1H3. The van der Waals surface area contributed by atoms with Gasteiger partial charge in [0.25, 0.3) is 0 Å². The number of ether oxygens (including phenoxy) is 1. The molecule has 0 spiro atoms. The molecule has 0 bridgehead atoms. The van der Waals surface area contributed by atoms with Gasteiger partial charge in [-0.2, -0.15) is 8.78 Å². The highest BCUT2D eigenvalue weighted by atomic mass is 19.3. The zero-order valence-electron chi connectivity index (χ0n) is 10.5. The largest absolute Gasteiger partial charge is 0.435 e. The van der Waals surface area contributed by atoms with Crippen LogP contribution in [-0.2, 0) is 0 Å². The third kappa shape index (κ3) is 3.19. The van der Waals surface area contributed by atoms with Gasteiger partial charge in [-0.15, -0.1) is 0 Å². The van der Waals surface area contributed by atoms with E-state index in [1.54, 1.807) is 12.1 Å². The summed E-state index contributed by atoms with van der Waals surface area (Å²) >= 11 is 0. The first kappa shape index (κ1) is 13.3. The Morgan fingerprint density at radius 3 is 2.56 bits per heavy atom. The minimum Gasteiger partial charge on any atom is -0.435 e.